The van der Waals surface area contributed by atoms with E-state index in [1.54, 1.807) is 30.6 Å². The van der Waals surface area contributed by atoms with Gasteiger partial charge in [0.15, 0.2) is 11.4 Å². The van der Waals surface area contributed by atoms with Gasteiger partial charge < -0.3 is 10.4 Å². The second-order valence-corrected chi connectivity index (χ2v) is 5.68. The zero-order valence-corrected chi connectivity index (χ0v) is 13.1. The number of hydrogen-bond acceptors (Lipinski definition) is 5. The molecule has 0 saturated heterocycles. The predicted molar refractivity (Wildman–Crippen MR) is 92.5 cm³/mol. The zero-order valence-electron chi connectivity index (χ0n) is 13.1. The summed E-state index contributed by atoms with van der Waals surface area (Å²) in [6.45, 7) is 1.82. The van der Waals surface area contributed by atoms with Crippen LogP contribution in [0.1, 0.15) is 15.9 Å². The molecule has 3 N–H and O–H groups in total. The van der Waals surface area contributed by atoms with Crippen molar-refractivity contribution in [3.8, 4) is 0 Å². The summed E-state index contributed by atoms with van der Waals surface area (Å²) < 4.78 is 1.24. The van der Waals surface area contributed by atoms with Crippen LogP contribution in [0.25, 0.3) is 16.6 Å². The van der Waals surface area contributed by atoms with E-state index in [1.165, 1.54) is 4.40 Å². The van der Waals surface area contributed by atoms with Crippen molar-refractivity contribution in [1.29, 1.82) is 0 Å². The molecule has 8 nitrogen and oxygen atoms in total. The van der Waals surface area contributed by atoms with Gasteiger partial charge in [-0.15, -0.1) is 0 Å². The van der Waals surface area contributed by atoms with Gasteiger partial charge in [-0.25, -0.2) is 9.78 Å². The van der Waals surface area contributed by atoms with Crippen LogP contribution < -0.4 is 10.9 Å². The molecule has 0 unspecified atom stereocenters. The summed E-state index contributed by atoms with van der Waals surface area (Å²) in [6.07, 6.45) is 3.22. The van der Waals surface area contributed by atoms with Crippen LogP contribution in [0, 0.1) is 6.92 Å². The van der Waals surface area contributed by atoms with Crippen molar-refractivity contribution in [3.05, 3.63) is 64.2 Å². The van der Waals surface area contributed by atoms with Crippen molar-refractivity contribution in [2.24, 2.45) is 0 Å². The molecule has 4 aromatic rings. The predicted octanol–water partition coefficient (Wildman–Crippen LogP) is 2.32. The Kier molecular flexibility index (Phi) is 3.24. The summed E-state index contributed by atoms with van der Waals surface area (Å²) in [5, 5.41) is 20.1. The standard InChI is InChI=1S/C17H13N5O3/c1-9-2-5-13-20-15(14(17(24)25)16(23)22(13)8-9)19-11-3-4-12-10(6-11)7-18-21-12/h2-8,19H,1H3,(H,18,21)(H,24,25). The molecule has 1 aromatic carbocycles. The molecule has 0 aliphatic heterocycles. The Labute approximate surface area is 140 Å². The number of carbonyl (C=O) groups is 1. The number of nitrogens with zero attached hydrogens (tertiary/aromatic N) is 3. The quantitative estimate of drug-likeness (QED) is 0.530. The first kappa shape index (κ1) is 14.9. The van der Waals surface area contributed by atoms with Gasteiger partial charge in [0.25, 0.3) is 5.56 Å². The molecule has 0 aliphatic rings. The molecule has 3 aromatic heterocycles. The average Bonchev–Trinajstić information content (AvgIpc) is 3.03. The number of carboxylic acid groups (broad SMARTS) is 1. The molecule has 124 valence electrons. The SMILES string of the molecule is Cc1ccc2nc(Nc3ccc4[nH]ncc4c3)c(C(=O)O)c(=O)n2c1. The average molecular weight is 335 g/mol. The number of nitrogens with one attached hydrogen (secondary N) is 2. The monoisotopic (exact) mass is 335 g/mol. The molecule has 0 saturated carbocycles. The zero-order chi connectivity index (χ0) is 17.6. The summed E-state index contributed by atoms with van der Waals surface area (Å²) in [6, 6.07) is 8.84. The Balaban J connectivity index is 1.90. The highest BCUT2D eigenvalue weighted by atomic mass is 16.4. The summed E-state index contributed by atoms with van der Waals surface area (Å²) >= 11 is 0. The van der Waals surface area contributed by atoms with Gasteiger partial charge in [0.2, 0.25) is 0 Å². The third-order valence-corrected chi connectivity index (χ3v) is 3.89. The molecule has 0 atom stereocenters. The second-order valence-electron chi connectivity index (χ2n) is 5.68. The lowest BCUT2D eigenvalue weighted by Gasteiger charge is -2.11. The van der Waals surface area contributed by atoms with E-state index in [9.17, 15) is 14.7 Å². The highest BCUT2D eigenvalue weighted by Gasteiger charge is 2.19. The first-order valence-electron chi connectivity index (χ1n) is 7.49. The lowest BCUT2D eigenvalue weighted by Crippen LogP contribution is -2.25. The lowest BCUT2D eigenvalue weighted by atomic mass is 10.2. The maximum atomic E-state index is 12.6. The molecule has 0 amide bonds. The molecule has 3 heterocycles. The van der Waals surface area contributed by atoms with Crippen molar-refractivity contribution in [3.63, 3.8) is 0 Å². The van der Waals surface area contributed by atoms with Crippen molar-refractivity contribution >= 4 is 34.0 Å². The second kappa shape index (κ2) is 5.45. The van der Waals surface area contributed by atoms with Gasteiger partial charge in [-0.3, -0.25) is 14.3 Å². The largest absolute Gasteiger partial charge is 0.477 e. The maximum Gasteiger partial charge on any atom is 0.345 e. The third-order valence-electron chi connectivity index (χ3n) is 3.89. The van der Waals surface area contributed by atoms with Crippen LogP contribution in [0.5, 0.6) is 0 Å². The van der Waals surface area contributed by atoms with Crippen LogP contribution in [0.15, 0.2) is 47.5 Å². The highest BCUT2D eigenvalue weighted by molar-refractivity contribution is 5.94. The third kappa shape index (κ3) is 2.49. The van der Waals surface area contributed by atoms with Gasteiger partial charge in [0.05, 0.1) is 11.7 Å². The molecule has 25 heavy (non-hydrogen) atoms. The summed E-state index contributed by atoms with van der Waals surface area (Å²) in [4.78, 5) is 28.5. The number of hydrogen-bond donors (Lipinski definition) is 3. The summed E-state index contributed by atoms with van der Waals surface area (Å²) in [5.74, 6) is -1.33. The van der Waals surface area contributed by atoms with E-state index in [-0.39, 0.29) is 5.82 Å². The number of aryl methyl sites for hydroxylation is 1. The number of aromatic amines is 1. The van der Waals surface area contributed by atoms with Crippen LogP contribution in [0.4, 0.5) is 11.5 Å². The Bertz CT molecular complexity index is 1190. The molecule has 0 aliphatic carbocycles. The number of H-pyrrole nitrogens is 1. The molecule has 0 radical (unpaired) electrons. The molecular weight excluding hydrogens is 322 g/mol. The Morgan fingerprint density at radius 2 is 2.12 bits per heavy atom. The molecule has 8 heteroatoms. The van der Waals surface area contributed by atoms with E-state index < -0.39 is 17.1 Å². The van der Waals surface area contributed by atoms with Crippen LogP contribution in [0.2, 0.25) is 0 Å². The minimum atomic E-state index is -1.33. The van der Waals surface area contributed by atoms with Crippen LogP contribution in [0.3, 0.4) is 0 Å². The topological polar surface area (TPSA) is 112 Å². The maximum absolute atomic E-state index is 12.6. The van der Waals surface area contributed by atoms with Gasteiger partial charge in [-0.2, -0.15) is 5.10 Å². The van der Waals surface area contributed by atoms with E-state index in [0.29, 0.717) is 11.3 Å². The van der Waals surface area contributed by atoms with E-state index >= 15 is 0 Å². The fraction of sp³-hybridized carbons (Fsp3) is 0.0588. The minimum absolute atomic E-state index is 0.00389. The van der Waals surface area contributed by atoms with Crippen LogP contribution >= 0.6 is 0 Å². The van der Waals surface area contributed by atoms with Crippen molar-refractivity contribution in [2.45, 2.75) is 6.92 Å². The lowest BCUT2D eigenvalue weighted by molar-refractivity contribution is 0.0695. The number of carboxylic acids is 1. The number of pyridine rings is 1. The summed E-state index contributed by atoms with van der Waals surface area (Å²) in [7, 11) is 0. The fourth-order valence-corrected chi connectivity index (χ4v) is 2.69. The fourth-order valence-electron chi connectivity index (χ4n) is 2.69. The van der Waals surface area contributed by atoms with E-state index in [0.717, 1.165) is 16.5 Å². The first-order valence-corrected chi connectivity index (χ1v) is 7.49. The number of anilines is 2. The number of rotatable bonds is 3. The van der Waals surface area contributed by atoms with Crippen molar-refractivity contribution in [2.75, 3.05) is 5.32 Å². The van der Waals surface area contributed by atoms with Gasteiger partial charge >= 0.3 is 5.97 Å². The highest BCUT2D eigenvalue weighted by Crippen LogP contribution is 2.22. The normalized spacial score (nSPS) is 11.1. The van der Waals surface area contributed by atoms with Gasteiger partial charge in [-0.1, -0.05) is 6.07 Å². The first-order chi connectivity index (χ1) is 12.0. The van der Waals surface area contributed by atoms with Crippen LogP contribution in [-0.2, 0) is 0 Å². The minimum Gasteiger partial charge on any atom is -0.477 e. The van der Waals surface area contributed by atoms with E-state index in [1.807, 2.05) is 19.1 Å². The molecule has 0 bridgehead atoms. The smallest absolute Gasteiger partial charge is 0.345 e. The number of fused-ring (bicyclic) bond motifs is 2. The molecular formula is C17H13N5O3. The number of benzene rings is 1. The Morgan fingerprint density at radius 1 is 1.28 bits per heavy atom. The van der Waals surface area contributed by atoms with Crippen molar-refractivity contribution < 1.29 is 9.90 Å². The summed E-state index contributed by atoms with van der Waals surface area (Å²) in [5.41, 5.74) is 1.63. The molecule has 0 fully saturated rings. The Morgan fingerprint density at radius 3 is 2.92 bits per heavy atom. The number of aromatic nitrogens is 4. The van der Waals surface area contributed by atoms with Crippen LogP contribution in [-0.4, -0.2) is 30.7 Å². The van der Waals surface area contributed by atoms with Crippen molar-refractivity contribution in [1.82, 2.24) is 19.6 Å². The van der Waals surface area contributed by atoms with Gasteiger partial charge in [-0.05, 0) is 36.8 Å². The van der Waals surface area contributed by atoms with E-state index in [4.69, 9.17) is 0 Å². The van der Waals surface area contributed by atoms with Gasteiger partial charge in [0.1, 0.15) is 5.65 Å². The number of aromatic carboxylic acids is 1. The molecule has 0 spiro atoms. The molecule has 4 rings (SSSR count). The van der Waals surface area contributed by atoms with Gasteiger partial charge in [0, 0.05) is 17.3 Å². The Hall–Kier alpha value is -3.68. The van der Waals surface area contributed by atoms with E-state index in [2.05, 4.69) is 20.5 Å².